The molecule has 0 aliphatic rings. The molecule has 1 aromatic rings. The lowest BCUT2D eigenvalue weighted by molar-refractivity contribution is 0.0861. The average molecular weight is 213 g/mol. The number of aromatic nitrogens is 2. The van der Waals surface area contributed by atoms with Gasteiger partial charge in [0, 0.05) is 12.2 Å². The SMILES string of the molecule is CCC(CO)(CO)NCc1nc[nH]c1C. The van der Waals surface area contributed by atoms with Crippen molar-refractivity contribution in [1.82, 2.24) is 15.3 Å². The van der Waals surface area contributed by atoms with Crippen LogP contribution in [0.25, 0.3) is 0 Å². The van der Waals surface area contributed by atoms with E-state index in [9.17, 15) is 10.2 Å². The summed E-state index contributed by atoms with van der Waals surface area (Å²) in [5, 5.41) is 21.6. The van der Waals surface area contributed by atoms with Gasteiger partial charge in [0.25, 0.3) is 0 Å². The molecule has 15 heavy (non-hydrogen) atoms. The van der Waals surface area contributed by atoms with Crippen LogP contribution in [-0.2, 0) is 6.54 Å². The summed E-state index contributed by atoms with van der Waals surface area (Å²) in [7, 11) is 0. The molecule has 4 N–H and O–H groups in total. The summed E-state index contributed by atoms with van der Waals surface area (Å²) in [4.78, 5) is 7.12. The topological polar surface area (TPSA) is 81.2 Å². The largest absolute Gasteiger partial charge is 0.394 e. The van der Waals surface area contributed by atoms with Gasteiger partial charge in [-0.25, -0.2) is 4.98 Å². The molecule has 0 amide bonds. The Hall–Kier alpha value is -0.910. The van der Waals surface area contributed by atoms with E-state index in [4.69, 9.17) is 0 Å². The highest BCUT2D eigenvalue weighted by Crippen LogP contribution is 2.10. The standard InChI is InChI=1S/C10H19N3O2/c1-3-10(5-14,6-15)13-4-9-8(2)11-7-12-9/h7,13-15H,3-6H2,1-2H3,(H,11,12). The third kappa shape index (κ3) is 2.77. The summed E-state index contributed by atoms with van der Waals surface area (Å²) in [6.45, 7) is 4.25. The molecule has 0 spiro atoms. The highest BCUT2D eigenvalue weighted by Gasteiger charge is 2.25. The number of aliphatic hydroxyl groups excluding tert-OH is 2. The van der Waals surface area contributed by atoms with E-state index in [-0.39, 0.29) is 13.2 Å². The normalized spacial score (nSPS) is 12.0. The number of aryl methyl sites for hydroxylation is 1. The Balaban J connectivity index is 2.58. The molecule has 0 unspecified atom stereocenters. The maximum Gasteiger partial charge on any atom is 0.0925 e. The maximum atomic E-state index is 9.22. The number of H-pyrrole nitrogens is 1. The minimum atomic E-state index is -0.606. The van der Waals surface area contributed by atoms with Crippen LogP contribution in [0.15, 0.2) is 6.33 Å². The molecule has 0 aromatic carbocycles. The summed E-state index contributed by atoms with van der Waals surface area (Å²) < 4.78 is 0. The molecule has 0 aliphatic heterocycles. The zero-order valence-electron chi connectivity index (χ0n) is 9.25. The summed E-state index contributed by atoms with van der Waals surface area (Å²) in [5.41, 5.74) is 1.31. The predicted molar refractivity (Wildman–Crippen MR) is 57.4 cm³/mol. The molecular weight excluding hydrogens is 194 g/mol. The van der Waals surface area contributed by atoms with E-state index < -0.39 is 5.54 Å². The van der Waals surface area contributed by atoms with Crippen molar-refractivity contribution in [2.45, 2.75) is 32.4 Å². The van der Waals surface area contributed by atoms with Crippen LogP contribution < -0.4 is 5.32 Å². The van der Waals surface area contributed by atoms with Gasteiger partial charge in [-0.05, 0) is 13.3 Å². The van der Waals surface area contributed by atoms with Gasteiger partial charge in [-0.15, -0.1) is 0 Å². The van der Waals surface area contributed by atoms with Crippen molar-refractivity contribution in [2.24, 2.45) is 0 Å². The Kier molecular flexibility index (Phi) is 4.26. The minimum absolute atomic E-state index is 0.0799. The van der Waals surface area contributed by atoms with E-state index in [1.165, 1.54) is 0 Å². The van der Waals surface area contributed by atoms with E-state index in [1.54, 1.807) is 6.33 Å². The van der Waals surface area contributed by atoms with E-state index in [2.05, 4.69) is 15.3 Å². The second-order valence-corrected chi connectivity index (χ2v) is 3.78. The monoisotopic (exact) mass is 213 g/mol. The highest BCUT2D eigenvalue weighted by molar-refractivity contribution is 5.08. The summed E-state index contributed by atoms with van der Waals surface area (Å²) in [6, 6.07) is 0. The van der Waals surface area contributed by atoms with Crippen molar-refractivity contribution >= 4 is 0 Å². The Morgan fingerprint density at radius 2 is 2.13 bits per heavy atom. The van der Waals surface area contributed by atoms with Crippen LogP contribution in [0.3, 0.4) is 0 Å². The molecular formula is C10H19N3O2. The lowest BCUT2D eigenvalue weighted by atomic mass is 9.98. The van der Waals surface area contributed by atoms with E-state index in [0.29, 0.717) is 13.0 Å². The molecule has 5 nitrogen and oxygen atoms in total. The first-order chi connectivity index (χ1) is 7.17. The molecule has 1 aromatic heterocycles. The molecule has 0 aliphatic carbocycles. The second kappa shape index (κ2) is 5.25. The fourth-order valence-corrected chi connectivity index (χ4v) is 1.35. The van der Waals surface area contributed by atoms with Crippen LogP contribution in [0.1, 0.15) is 24.7 Å². The molecule has 86 valence electrons. The smallest absolute Gasteiger partial charge is 0.0925 e. The van der Waals surface area contributed by atoms with E-state index in [1.807, 2.05) is 13.8 Å². The number of imidazole rings is 1. The van der Waals surface area contributed by atoms with Gasteiger partial charge in [-0.1, -0.05) is 6.92 Å². The van der Waals surface area contributed by atoms with Crippen LogP contribution in [0.4, 0.5) is 0 Å². The van der Waals surface area contributed by atoms with Gasteiger partial charge in [0.05, 0.1) is 30.8 Å². The first-order valence-electron chi connectivity index (χ1n) is 5.13. The average Bonchev–Trinajstić information content (AvgIpc) is 2.67. The molecule has 1 rings (SSSR count). The minimum Gasteiger partial charge on any atom is -0.394 e. The fourth-order valence-electron chi connectivity index (χ4n) is 1.35. The quantitative estimate of drug-likeness (QED) is 0.533. The van der Waals surface area contributed by atoms with Gasteiger partial charge in [0.15, 0.2) is 0 Å². The lowest BCUT2D eigenvalue weighted by Gasteiger charge is -2.29. The zero-order valence-corrected chi connectivity index (χ0v) is 9.25. The first kappa shape index (κ1) is 12.2. The lowest BCUT2D eigenvalue weighted by Crippen LogP contribution is -2.50. The van der Waals surface area contributed by atoms with E-state index >= 15 is 0 Å². The van der Waals surface area contributed by atoms with Crippen LogP contribution in [-0.4, -0.2) is 38.9 Å². The fraction of sp³-hybridized carbons (Fsp3) is 0.700. The molecule has 0 atom stereocenters. The maximum absolute atomic E-state index is 9.22. The summed E-state index contributed by atoms with van der Waals surface area (Å²) in [6.07, 6.45) is 2.31. The third-order valence-corrected chi connectivity index (χ3v) is 2.85. The molecule has 0 radical (unpaired) electrons. The number of hydrogen-bond donors (Lipinski definition) is 4. The molecule has 0 saturated heterocycles. The number of rotatable bonds is 6. The number of aromatic amines is 1. The number of aliphatic hydroxyl groups is 2. The van der Waals surface area contributed by atoms with Gasteiger partial charge in [0.2, 0.25) is 0 Å². The van der Waals surface area contributed by atoms with Crippen molar-refractivity contribution in [3.63, 3.8) is 0 Å². The third-order valence-electron chi connectivity index (χ3n) is 2.85. The molecule has 0 fully saturated rings. The van der Waals surface area contributed by atoms with Gasteiger partial charge >= 0.3 is 0 Å². The summed E-state index contributed by atoms with van der Waals surface area (Å²) in [5.74, 6) is 0. The van der Waals surface area contributed by atoms with Crippen molar-refractivity contribution in [2.75, 3.05) is 13.2 Å². The number of nitrogens with one attached hydrogen (secondary N) is 2. The van der Waals surface area contributed by atoms with Crippen molar-refractivity contribution < 1.29 is 10.2 Å². The van der Waals surface area contributed by atoms with Crippen LogP contribution in [0.5, 0.6) is 0 Å². The Morgan fingerprint density at radius 3 is 2.53 bits per heavy atom. The van der Waals surface area contributed by atoms with Crippen molar-refractivity contribution in [1.29, 1.82) is 0 Å². The van der Waals surface area contributed by atoms with Gasteiger partial charge in [0.1, 0.15) is 0 Å². The second-order valence-electron chi connectivity index (χ2n) is 3.78. The van der Waals surface area contributed by atoms with Crippen LogP contribution in [0, 0.1) is 6.92 Å². The van der Waals surface area contributed by atoms with Crippen LogP contribution >= 0.6 is 0 Å². The first-order valence-corrected chi connectivity index (χ1v) is 5.13. The van der Waals surface area contributed by atoms with E-state index in [0.717, 1.165) is 11.4 Å². The number of nitrogens with zero attached hydrogens (tertiary/aromatic N) is 1. The highest BCUT2D eigenvalue weighted by atomic mass is 16.3. The summed E-state index contributed by atoms with van der Waals surface area (Å²) >= 11 is 0. The van der Waals surface area contributed by atoms with Gasteiger partial charge < -0.3 is 20.5 Å². The number of hydrogen-bond acceptors (Lipinski definition) is 4. The van der Waals surface area contributed by atoms with Gasteiger partial charge in [-0.3, -0.25) is 0 Å². The predicted octanol–water partition coefficient (Wildman–Crippen LogP) is -0.0589. The Labute approximate surface area is 89.6 Å². The Morgan fingerprint density at radius 1 is 1.47 bits per heavy atom. The van der Waals surface area contributed by atoms with Crippen LogP contribution in [0.2, 0.25) is 0 Å². The van der Waals surface area contributed by atoms with Crippen molar-refractivity contribution in [3.05, 3.63) is 17.7 Å². The molecule has 0 bridgehead atoms. The molecule has 0 saturated carbocycles. The van der Waals surface area contributed by atoms with Crippen molar-refractivity contribution in [3.8, 4) is 0 Å². The molecule has 5 heteroatoms. The van der Waals surface area contributed by atoms with Gasteiger partial charge in [-0.2, -0.15) is 0 Å². The molecule has 1 heterocycles. The Bertz CT molecular complexity index is 286. The zero-order chi connectivity index (χ0) is 11.3.